The van der Waals surface area contributed by atoms with Gasteiger partial charge in [-0.3, -0.25) is 9.79 Å². The van der Waals surface area contributed by atoms with Crippen LogP contribution in [0.25, 0.3) is 11.4 Å². The number of carbonyl (C=O) groups excluding carboxylic acids is 1. The van der Waals surface area contributed by atoms with Crippen molar-refractivity contribution in [1.82, 2.24) is 29.5 Å². The summed E-state index contributed by atoms with van der Waals surface area (Å²) >= 11 is 30.6. The van der Waals surface area contributed by atoms with Crippen molar-refractivity contribution in [2.45, 2.75) is 12.4 Å². The second-order valence-corrected chi connectivity index (χ2v) is 12.5. The molecule has 256 valence electrons. The Balaban J connectivity index is 0.000000176. The van der Waals surface area contributed by atoms with E-state index in [9.17, 15) is 14.4 Å². The molecule has 1 aliphatic heterocycles. The van der Waals surface area contributed by atoms with Crippen LogP contribution in [0.15, 0.2) is 89.9 Å². The predicted molar refractivity (Wildman–Crippen MR) is 192 cm³/mol. The van der Waals surface area contributed by atoms with Gasteiger partial charge in [0.15, 0.2) is 11.6 Å². The van der Waals surface area contributed by atoms with Gasteiger partial charge in [0, 0.05) is 37.3 Å². The molecular formula is C34H20Cl5N7O5. The van der Waals surface area contributed by atoms with Crippen LogP contribution in [0.2, 0.25) is 20.1 Å². The first-order chi connectivity index (χ1) is 24.5. The number of hydrogen-bond donors (Lipinski definition) is 2. The number of hydrogen-bond acceptors (Lipinski definition) is 8. The minimum atomic E-state index is -1.30. The molecule has 2 N–H and O–H groups in total. The lowest BCUT2D eigenvalue weighted by atomic mass is 10.0. The first kappa shape index (κ1) is 35.7. The molecule has 0 bridgehead atoms. The smallest absolute Gasteiger partial charge is 0.375 e. The number of aromatic nitrogens is 6. The molecule has 4 aromatic carbocycles. The van der Waals surface area contributed by atoms with Gasteiger partial charge in [-0.1, -0.05) is 76.7 Å². The van der Waals surface area contributed by atoms with Crippen molar-refractivity contribution in [2.75, 3.05) is 0 Å². The van der Waals surface area contributed by atoms with Crippen molar-refractivity contribution >= 4 is 81.4 Å². The van der Waals surface area contributed by atoms with E-state index in [4.69, 9.17) is 68.2 Å². The largest absolute Gasteiger partial charge is 0.475 e. The van der Waals surface area contributed by atoms with Gasteiger partial charge in [-0.2, -0.15) is 0 Å². The van der Waals surface area contributed by atoms with Crippen LogP contribution in [0.4, 0.5) is 0 Å². The van der Waals surface area contributed by atoms with Gasteiger partial charge >= 0.3 is 11.9 Å². The Kier molecular flexibility index (Phi) is 10.5. The van der Waals surface area contributed by atoms with Crippen LogP contribution >= 0.6 is 58.0 Å². The van der Waals surface area contributed by atoms with Crippen molar-refractivity contribution < 1.29 is 24.6 Å². The molecule has 0 atom stereocenters. The molecule has 6 aromatic rings. The van der Waals surface area contributed by atoms with Crippen molar-refractivity contribution in [2.24, 2.45) is 4.99 Å². The predicted octanol–water partition coefficient (Wildman–Crippen LogP) is 7.87. The third kappa shape index (κ3) is 7.36. The molecule has 0 radical (unpaired) electrons. The molecule has 0 aliphatic carbocycles. The molecule has 0 unspecified atom stereocenters. The lowest BCUT2D eigenvalue weighted by Crippen LogP contribution is -2.11. The second-order valence-electron chi connectivity index (χ2n) is 10.5. The summed E-state index contributed by atoms with van der Waals surface area (Å²) in [6.45, 7) is 0.174. The molecule has 0 amide bonds. The van der Waals surface area contributed by atoms with Gasteiger partial charge in [0.05, 0.1) is 34.5 Å². The summed E-state index contributed by atoms with van der Waals surface area (Å²) in [6.07, 6.45) is 0. The van der Waals surface area contributed by atoms with E-state index in [2.05, 4.69) is 25.2 Å². The van der Waals surface area contributed by atoms with Gasteiger partial charge in [-0.25, -0.2) is 28.9 Å². The molecule has 0 spiro atoms. The number of fused-ring (bicyclic) bond motifs is 3. The number of aliphatic imine (C=N–C) groups is 1. The highest BCUT2D eigenvalue weighted by atomic mass is 35.5. The summed E-state index contributed by atoms with van der Waals surface area (Å²) in [5.41, 5.74) is 3.55. The molecule has 0 saturated carbocycles. The van der Waals surface area contributed by atoms with Crippen LogP contribution in [0, 0.1) is 0 Å². The Morgan fingerprint density at radius 2 is 1.27 bits per heavy atom. The van der Waals surface area contributed by atoms with Crippen molar-refractivity contribution in [3.8, 4) is 11.4 Å². The third-order valence-electron chi connectivity index (χ3n) is 7.35. The van der Waals surface area contributed by atoms with E-state index < -0.39 is 17.8 Å². The van der Waals surface area contributed by atoms with Gasteiger partial charge in [0.2, 0.25) is 0 Å². The van der Waals surface area contributed by atoms with Crippen LogP contribution < -0.4 is 0 Å². The highest BCUT2D eigenvalue weighted by Gasteiger charge is 2.25. The molecule has 0 saturated heterocycles. The summed E-state index contributed by atoms with van der Waals surface area (Å²) in [7, 11) is 0. The van der Waals surface area contributed by atoms with Crippen LogP contribution in [-0.2, 0) is 12.4 Å². The molecule has 17 heteroatoms. The van der Waals surface area contributed by atoms with E-state index in [0.717, 1.165) is 5.56 Å². The van der Waals surface area contributed by atoms with Gasteiger partial charge in [-0.15, -0.1) is 21.8 Å². The van der Waals surface area contributed by atoms with E-state index in [1.54, 1.807) is 60.7 Å². The third-order valence-corrected chi connectivity index (χ3v) is 8.72. The Bertz CT molecular complexity index is 2390. The Labute approximate surface area is 313 Å². The van der Waals surface area contributed by atoms with Crippen LogP contribution in [0.5, 0.6) is 0 Å². The zero-order chi connectivity index (χ0) is 36.4. The van der Waals surface area contributed by atoms with Crippen LogP contribution in [-0.4, -0.2) is 63.2 Å². The molecule has 2 aromatic heterocycles. The Morgan fingerprint density at radius 1 is 0.667 bits per heavy atom. The summed E-state index contributed by atoms with van der Waals surface area (Å²) in [4.78, 5) is 47.9. The number of rotatable bonds is 7. The number of carbonyl (C=O) groups is 3. The number of carboxylic acid groups (broad SMARTS) is 2. The standard InChI is InChI=1S/C17H10Cl3N3O3.C17H10Cl2N4O2/c18-8-14-21-16(17(25)26)22-23(14)13-6-5-9(19)7-11(13)15(24)10-3-1-2-4-12(10)20;18-9-5-6-13-11(7-9)15(10-3-1-2-4-12(10)19)20-8-14-21-16(17(24)25)22-23(13)14/h1-7H,8H2,(H,25,26);1-7H,8H2,(H,24,25). The van der Waals surface area contributed by atoms with E-state index in [1.165, 1.54) is 15.4 Å². The zero-order valence-corrected chi connectivity index (χ0v) is 29.4. The lowest BCUT2D eigenvalue weighted by molar-refractivity contribution is 0.0673. The number of ketones is 1. The van der Waals surface area contributed by atoms with Crippen molar-refractivity contribution in [3.63, 3.8) is 0 Å². The second kappa shape index (κ2) is 15.0. The number of carboxylic acids is 2. The molecule has 7 rings (SSSR count). The molecule has 12 nitrogen and oxygen atoms in total. The molecular weight excluding hydrogens is 764 g/mol. The number of alkyl halides is 1. The van der Waals surface area contributed by atoms with Crippen molar-refractivity contribution in [3.05, 3.63) is 151 Å². The van der Waals surface area contributed by atoms with E-state index in [-0.39, 0.29) is 46.0 Å². The Hall–Kier alpha value is -5.11. The first-order valence-electron chi connectivity index (χ1n) is 14.6. The number of nitrogens with zero attached hydrogens (tertiary/aromatic N) is 7. The SMILES string of the molecule is O=C(O)c1nc(CCl)n(-c2ccc(Cl)cc2C(=O)c2ccccc2Cl)n1.O=C(O)c1nc2n(n1)-c1ccc(Cl)cc1C(c1ccccc1Cl)=NC2. The highest BCUT2D eigenvalue weighted by Crippen LogP contribution is 2.30. The van der Waals surface area contributed by atoms with E-state index in [1.807, 2.05) is 18.2 Å². The quantitative estimate of drug-likeness (QED) is 0.121. The fraction of sp³-hybridized carbons (Fsp3) is 0.0588. The van der Waals surface area contributed by atoms with Gasteiger partial charge in [-0.05, 0) is 54.6 Å². The number of benzene rings is 4. The Morgan fingerprint density at radius 3 is 1.94 bits per heavy atom. The monoisotopic (exact) mass is 781 g/mol. The summed E-state index contributed by atoms with van der Waals surface area (Å²) in [6, 6.07) is 23.7. The van der Waals surface area contributed by atoms with E-state index >= 15 is 0 Å². The molecule has 51 heavy (non-hydrogen) atoms. The number of halogens is 5. The minimum absolute atomic E-state index is 0.0946. The molecule has 3 heterocycles. The van der Waals surface area contributed by atoms with E-state index in [0.29, 0.717) is 43.5 Å². The zero-order valence-electron chi connectivity index (χ0n) is 25.6. The van der Waals surface area contributed by atoms with Gasteiger partial charge in [0.1, 0.15) is 5.82 Å². The maximum absolute atomic E-state index is 13.0. The topological polar surface area (TPSA) is 165 Å². The fourth-order valence-electron chi connectivity index (χ4n) is 5.11. The van der Waals surface area contributed by atoms with Gasteiger partial charge in [0.25, 0.3) is 11.6 Å². The maximum atomic E-state index is 13.0. The summed E-state index contributed by atoms with van der Waals surface area (Å²) in [5.74, 6) is -3.06. The molecule has 0 fully saturated rings. The normalized spacial score (nSPS) is 11.7. The minimum Gasteiger partial charge on any atom is -0.475 e. The average molecular weight is 784 g/mol. The highest BCUT2D eigenvalue weighted by molar-refractivity contribution is 6.37. The number of aromatic carboxylic acids is 2. The van der Waals surface area contributed by atoms with Crippen molar-refractivity contribution in [1.29, 1.82) is 0 Å². The lowest BCUT2D eigenvalue weighted by Gasteiger charge is -2.12. The van der Waals surface area contributed by atoms with Crippen LogP contribution in [0.3, 0.4) is 0 Å². The summed E-state index contributed by atoms with van der Waals surface area (Å²) < 4.78 is 2.71. The summed E-state index contributed by atoms with van der Waals surface area (Å²) in [5, 5.41) is 28.0. The first-order valence-corrected chi connectivity index (χ1v) is 16.6. The molecule has 1 aliphatic rings. The average Bonchev–Trinajstić information content (AvgIpc) is 3.72. The van der Waals surface area contributed by atoms with Crippen LogP contribution in [0.1, 0.15) is 59.9 Å². The van der Waals surface area contributed by atoms with Gasteiger partial charge < -0.3 is 10.2 Å². The maximum Gasteiger partial charge on any atom is 0.375 e. The fourth-order valence-corrected chi connectivity index (χ4v) is 6.07.